The molecule has 0 radical (unpaired) electrons. The van der Waals surface area contributed by atoms with Crippen molar-refractivity contribution in [3.63, 3.8) is 0 Å². The molecule has 3 heteroatoms. The molecule has 0 aliphatic rings. The lowest BCUT2D eigenvalue weighted by atomic mass is 10.1. The van der Waals surface area contributed by atoms with Crippen LogP contribution in [0.15, 0.2) is 55.0 Å². The Hall–Kier alpha value is -2.13. The fraction of sp³-hybridized carbons (Fsp3) is 0.0714. The molecule has 0 saturated heterocycles. The van der Waals surface area contributed by atoms with Gasteiger partial charge >= 0.3 is 0 Å². The van der Waals surface area contributed by atoms with E-state index in [2.05, 4.69) is 35.3 Å². The third-order valence-electron chi connectivity index (χ3n) is 2.88. The molecule has 1 aromatic heterocycles. The highest BCUT2D eigenvalue weighted by atomic mass is 15.0. The number of nitrogens with zero attached hydrogens (tertiary/aromatic N) is 2. The van der Waals surface area contributed by atoms with E-state index in [-0.39, 0.29) is 0 Å². The number of rotatable bonds is 2. The minimum Gasteiger partial charge on any atom is -0.325 e. The quantitative estimate of drug-likeness (QED) is 0.725. The van der Waals surface area contributed by atoms with Gasteiger partial charge < -0.3 is 10.3 Å². The molecule has 0 atom stereocenters. The van der Waals surface area contributed by atoms with Crippen LogP contribution in [0.25, 0.3) is 16.5 Å². The average Bonchev–Trinajstić information content (AvgIpc) is 2.87. The van der Waals surface area contributed by atoms with Crippen molar-refractivity contribution in [1.29, 1.82) is 0 Å². The average molecular weight is 223 g/mol. The highest BCUT2D eigenvalue weighted by molar-refractivity contribution is 5.84. The lowest BCUT2D eigenvalue weighted by Gasteiger charge is -2.03. The molecule has 0 bridgehead atoms. The molecule has 0 amide bonds. The van der Waals surface area contributed by atoms with Crippen LogP contribution in [0.5, 0.6) is 0 Å². The zero-order valence-electron chi connectivity index (χ0n) is 9.38. The summed E-state index contributed by atoms with van der Waals surface area (Å²) in [4.78, 5) is 4.23. The predicted molar refractivity (Wildman–Crippen MR) is 69.0 cm³/mol. The minimum atomic E-state index is 0.473. The van der Waals surface area contributed by atoms with E-state index in [1.807, 2.05) is 22.9 Å². The molecular formula is C14H13N3. The van der Waals surface area contributed by atoms with Crippen molar-refractivity contribution in [3.8, 4) is 5.69 Å². The Morgan fingerprint density at radius 2 is 1.88 bits per heavy atom. The summed E-state index contributed by atoms with van der Waals surface area (Å²) in [7, 11) is 0. The van der Waals surface area contributed by atoms with Crippen molar-refractivity contribution in [2.24, 2.45) is 5.73 Å². The van der Waals surface area contributed by atoms with E-state index in [9.17, 15) is 0 Å². The van der Waals surface area contributed by atoms with Crippen LogP contribution in [0.1, 0.15) is 5.69 Å². The zero-order chi connectivity index (χ0) is 11.7. The highest BCUT2D eigenvalue weighted by Gasteiger charge is 2.00. The van der Waals surface area contributed by atoms with Gasteiger partial charge in [0.05, 0.1) is 12.0 Å². The summed E-state index contributed by atoms with van der Waals surface area (Å²) in [5.41, 5.74) is 7.56. The highest BCUT2D eigenvalue weighted by Crippen LogP contribution is 2.18. The maximum Gasteiger partial charge on any atom is 0.0995 e. The largest absolute Gasteiger partial charge is 0.325 e. The second-order valence-electron chi connectivity index (χ2n) is 4.01. The fourth-order valence-electron chi connectivity index (χ4n) is 1.95. The summed E-state index contributed by atoms with van der Waals surface area (Å²) in [6, 6.07) is 14.7. The van der Waals surface area contributed by atoms with Gasteiger partial charge in [0.2, 0.25) is 0 Å². The second kappa shape index (κ2) is 4.03. The first-order valence-electron chi connectivity index (χ1n) is 5.59. The first-order valence-corrected chi connectivity index (χ1v) is 5.59. The van der Waals surface area contributed by atoms with Crippen molar-refractivity contribution in [1.82, 2.24) is 9.55 Å². The lowest BCUT2D eigenvalue weighted by Crippen LogP contribution is -1.95. The first kappa shape index (κ1) is 10.1. The molecule has 0 saturated carbocycles. The summed E-state index contributed by atoms with van der Waals surface area (Å²) in [6.07, 6.45) is 3.76. The Balaban J connectivity index is 2.11. The normalized spacial score (nSPS) is 10.9. The minimum absolute atomic E-state index is 0.473. The number of fused-ring (bicyclic) bond motifs is 1. The molecule has 17 heavy (non-hydrogen) atoms. The second-order valence-corrected chi connectivity index (χ2v) is 4.01. The van der Waals surface area contributed by atoms with Gasteiger partial charge in [-0.2, -0.15) is 0 Å². The van der Waals surface area contributed by atoms with E-state index in [0.717, 1.165) is 11.4 Å². The predicted octanol–water partition coefficient (Wildman–Crippen LogP) is 2.48. The maximum atomic E-state index is 5.56. The third kappa shape index (κ3) is 1.81. The van der Waals surface area contributed by atoms with Crippen LogP contribution in [0.4, 0.5) is 0 Å². The number of aromatic nitrogens is 2. The molecular weight excluding hydrogens is 210 g/mol. The molecule has 84 valence electrons. The summed E-state index contributed by atoms with van der Waals surface area (Å²) in [5, 5.41) is 2.48. The Morgan fingerprint density at radius 3 is 2.65 bits per heavy atom. The van der Waals surface area contributed by atoms with E-state index >= 15 is 0 Å². The molecule has 3 aromatic rings. The Bertz CT molecular complexity index is 655. The molecule has 0 aliphatic heterocycles. The van der Waals surface area contributed by atoms with E-state index in [4.69, 9.17) is 5.73 Å². The van der Waals surface area contributed by atoms with Crippen molar-refractivity contribution in [3.05, 3.63) is 60.7 Å². The molecule has 0 fully saturated rings. The maximum absolute atomic E-state index is 5.56. The van der Waals surface area contributed by atoms with Gasteiger partial charge in [-0.3, -0.25) is 0 Å². The number of benzene rings is 2. The van der Waals surface area contributed by atoms with Gasteiger partial charge in [-0.25, -0.2) is 4.98 Å². The van der Waals surface area contributed by atoms with E-state index in [1.165, 1.54) is 10.8 Å². The van der Waals surface area contributed by atoms with Gasteiger partial charge in [0, 0.05) is 18.4 Å². The molecule has 0 unspecified atom stereocenters. The molecule has 3 rings (SSSR count). The molecule has 0 spiro atoms. The monoisotopic (exact) mass is 223 g/mol. The molecule has 2 aromatic carbocycles. The Labute approximate surface area is 99.5 Å². The van der Waals surface area contributed by atoms with Gasteiger partial charge in [-0.05, 0) is 22.9 Å². The summed E-state index contributed by atoms with van der Waals surface area (Å²) in [6.45, 7) is 0.473. The van der Waals surface area contributed by atoms with E-state index in [1.54, 1.807) is 6.33 Å². The molecule has 0 aliphatic carbocycles. The first-order chi connectivity index (χ1) is 8.36. The Morgan fingerprint density at radius 1 is 1.06 bits per heavy atom. The number of imidazole rings is 1. The van der Waals surface area contributed by atoms with Gasteiger partial charge in [0.15, 0.2) is 0 Å². The topological polar surface area (TPSA) is 43.8 Å². The Kier molecular flexibility index (Phi) is 2.38. The van der Waals surface area contributed by atoms with Crippen LogP contribution in [0.2, 0.25) is 0 Å². The third-order valence-corrected chi connectivity index (χ3v) is 2.88. The lowest BCUT2D eigenvalue weighted by molar-refractivity contribution is 1.01. The van der Waals surface area contributed by atoms with Gasteiger partial charge in [0.1, 0.15) is 0 Å². The standard InChI is InChI=1S/C14H13N3/c15-8-13-9-17(10-16-13)14-6-5-11-3-1-2-4-12(11)7-14/h1-7,9-10H,8,15H2. The zero-order valence-corrected chi connectivity index (χ0v) is 9.38. The molecule has 3 nitrogen and oxygen atoms in total. The van der Waals surface area contributed by atoms with Crippen molar-refractivity contribution in [2.75, 3.05) is 0 Å². The van der Waals surface area contributed by atoms with Crippen molar-refractivity contribution < 1.29 is 0 Å². The van der Waals surface area contributed by atoms with E-state index < -0.39 is 0 Å². The molecule has 2 N–H and O–H groups in total. The van der Waals surface area contributed by atoms with Gasteiger partial charge in [-0.1, -0.05) is 30.3 Å². The SMILES string of the molecule is NCc1cn(-c2ccc3ccccc3c2)cn1. The number of hydrogen-bond donors (Lipinski definition) is 1. The van der Waals surface area contributed by atoms with Crippen molar-refractivity contribution >= 4 is 10.8 Å². The van der Waals surface area contributed by atoms with Crippen LogP contribution < -0.4 is 5.73 Å². The van der Waals surface area contributed by atoms with Crippen LogP contribution >= 0.6 is 0 Å². The summed E-state index contributed by atoms with van der Waals surface area (Å²) in [5.74, 6) is 0. The van der Waals surface area contributed by atoms with Crippen LogP contribution in [0.3, 0.4) is 0 Å². The number of nitrogens with two attached hydrogens (primary N) is 1. The summed E-state index contributed by atoms with van der Waals surface area (Å²) < 4.78 is 1.99. The summed E-state index contributed by atoms with van der Waals surface area (Å²) >= 11 is 0. The van der Waals surface area contributed by atoms with E-state index in [0.29, 0.717) is 6.54 Å². The van der Waals surface area contributed by atoms with Crippen molar-refractivity contribution in [2.45, 2.75) is 6.54 Å². The van der Waals surface area contributed by atoms with Gasteiger partial charge in [0.25, 0.3) is 0 Å². The molecule has 1 heterocycles. The van der Waals surface area contributed by atoms with Gasteiger partial charge in [-0.15, -0.1) is 0 Å². The fourth-order valence-corrected chi connectivity index (χ4v) is 1.95. The van der Waals surface area contributed by atoms with Crippen LogP contribution in [-0.2, 0) is 6.54 Å². The van der Waals surface area contributed by atoms with Crippen LogP contribution in [-0.4, -0.2) is 9.55 Å². The number of hydrogen-bond acceptors (Lipinski definition) is 2. The van der Waals surface area contributed by atoms with Crippen LogP contribution in [0, 0.1) is 0 Å². The smallest absolute Gasteiger partial charge is 0.0995 e.